The Labute approximate surface area is 167 Å². The minimum absolute atomic E-state index is 0.0696. The SMILES string of the molecule is CC(C)(C)NC(=O)c1cccc(NC(=O)COc2ccc(C(C)(C)C)cc2)c1. The molecule has 0 bridgehead atoms. The summed E-state index contributed by atoms with van der Waals surface area (Å²) < 4.78 is 5.56. The molecule has 5 nitrogen and oxygen atoms in total. The smallest absolute Gasteiger partial charge is 0.262 e. The van der Waals surface area contributed by atoms with Gasteiger partial charge in [-0.2, -0.15) is 0 Å². The van der Waals surface area contributed by atoms with E-state index < -0.39 is 0 Å². The molecule has 0 aliphatic heterocycles. The van der Waals surface area contributed by atoms with Gasteiger partial charge >= 0.3 is 0 Å². The summed E-state index contributed by atoms with van der Waals surface area (Å²) in [6.45, 7) is 12.1. The van der Waals surface area contributed by atoms with E-state index in [0.29, 0.717) is 17.0 Å². The molecule has 2 amide bonds. The highest BCUT2D eigenvalue weighted by molar-refractivity contribution is 5.97. The molecule has 0 aromatic heterocycles. The number of nitrogens with one attached hydrogen (secondary N) is 2. The van der Waals surface area contributed by atoms with Crippen molar-refractivity contribution in [3.8, 4) is 5.75 Å². The molecule has 0 aliphatic rings. The molecule has 150 valence electrons. The van der Waals surface area contributed by atoms with Crippen LogP contribution >= 0.6 is 0 Å². The van der Waals surface area contributed by atoms with Gasteiger partial charge < -0.3 is 15.4 Å². The van der Waals surface area contributed by atoms with Crippen molar-refractivity contribution < 1.29 is 14.3 Å². The molecule has 0 heterocycles. The number of carbonyl (C=O) groups is 2. The van der Waals surface area contributed by atoms with Crippen LogP contribution in [0.4, 0.5) is 5.69 Å². The summed E-state index contributed by atoms with van der Waals surface area (Å²) in [5.41, 5.74) is 1.99. The largest absolute Gasteiger partial charge is 0.484 e. The predicted octanol–water partition coefficient (Wildman–Crippen LogP) is 4.53. The lowest BCUT2D eigenvalue weighted by Crippen LogP contribution is -2.40. The van der Waals surface area contributed by atoms with Gasteiger partial charge in [-0.3, -0.25) is 9.59 Å². The molecule has 0 unspecified atom stereocenters. The Balaban J connectivity index is 1.93. The summed E-state index contributed by atoms with van der Waals surface area (Å²) in [6.07, 6.45) is 0. The first-order valence-electron chi connectivity index (χ1n) is 9.40. The lowest BCUT2D eigenvalue weighted by atomic mass is 9.87. The van der Waals surface area contributed by atoms with Crippen LogP contribution in [0, 0.1) is 0 Å². The topological polar surface area (TPSA) is 67.4 Å². The lowest BCUT2D eigenvalue weighted by Gasteiger charge is -2.20. The molecule has 0 radical (unpaired) electrons. The van der Waals surface area contributed by atoms with Crippen LogP contribution in [-0.2, 0) is 10.2 Å². The molecule has 2 aromatic rings. The first-order valence-corrected chi connectivity index (χ1v) is 9.40. The van der Waals surface area contributed by atoms with Gasteiger partial charge in [0, 0.05) is 16.8 Å². The summed E-state index contributed by atoms with van der Waals surface area (Å²) in [7, 11) is 0. The summed E-state index contributed by atoms with van der Waals surface area (Å²) in [5.74, 6) is 0.175. The van der Waals surface area contributed by atoms with Crippen LogP contribution in [0.25, 0.3) is 0 Å². The normalized spacial score (nSPS) is 11.6. The van der Waals surface area contributed by atoms with E-state index in [1.165, 1.54) is 5.56 Å². The van der Waals surface area contributed by atoms with Crippen LogP contribution in [0.5, 0.6) is 5.75 Å². The van der Waals surface area contributed by atoms with Gasteiger partial charge in [0.15, 0.2) is 6.61 Å². The van der Waals surface area contributed by atoms with E-state index in [1.807, 2.05) is 45.0 Å². The van der Waals surface area contributed by atoms with Gasteiger partial charge in [0.1, 0.15) is 5.75 Å². The van der Waals surface area contributed by atoms with Crippen molar-refractivity contribution in [1.82, 2.24) is 5.32 Å². The quantitative estimate of drug-likeness (QED) is 0.798. The third-order valence-electron chi connectivity index (χ3n) is 3.99. The third kappa shape index (κ3) is 6.72. The maximum Gasteiger partial charge on any atom is 0.262 e. The van der Waals surface area contributed by atoms with E-state index in [1.54, 1.807) is 24.3 Å². The Morgan fingerprint density at radius 2 is 1.57 bits per heavy atom. The molecule has 2 aromatic carbocycles. The van der Waals surface area contributed by atoms with E-state index in [4.69, 9.17) is 4.74 Å². The van der Waals surface area contributed by atoms with Crippen molar-refractivity contribution >= 4 is 17.5 Å². The fraction of sp³-hybridized carbons (Fsp3) is 0.391. The minimum atomic E-state index is -0.327. The Kier molecular flexibility index (Phi) is 6.49. The number of carbonyl (C=O) groups excluding carboxylic acids is 2. The number of anilines is 1. The van der Waals surface area contributed by atoms with E-state index in [-0.39, 0.29) is 29.4 Å². The van der Waals surface area contributed by atoms with Crippen molar-refractivity contribution in [2.75, 3.05) is 11.9 Å². The molecular weight excluding hydrogens is 352 g/mol. The number of hydrogen-bond donors (Lipinski definition) is 2. The summed E-state index contributed by atoms with van der Waals surface area (Å²) >= 11 is 0. The van der Waals surface area contributed by atoms with Gasteiger partial charge in [0.2, 0.25) is 0 Å². The maximum atomic E-state index is 12.3. The van der Waals surface area contributed by atoms with Gasteiger partial charge in [0.25, 0.3) is 11.8 Å². The van der Waals surface area contributed by atoms with Crippen molar-refractivity contribution in [3.05, 3.63) is 59.7 Å². The molecule has 0 spiro atoms. The van der Waals surface area contributed by atoms with Crippen molar-refractivity contribution in [2.24, 2.45) is 0 Å². The molecule has 2 rings (SSSR count). The van der Waals surface area contributed by atoms with Crippen molar-refractivity contribution in [2.45, 2.75) is 52.5 Å². The zero-order valence-electron chi connectivity index (χ0n) is 17.6. The summed E-state index contributed by atoms with van der Waals surface area (Å²) in [6, 6.07) is 14.6. The number of benzene rings is 2. The number of ether oxygens (including phenoxy) is 1. The van der Waals surface area contributed by atoms with Gasteiger partial charge in [-0.25, -0.2) is 0 Å². The maximum absolute atomic E-state index is 12.3. The monoisotopic (exact) mass is 382 g/mol. The first-order chi connectivity index (χ1) is 12.9. The molecule has 28 heavy (non-hydrogen) atoms. The molecule has 0 fully saturated rings. The van der Waals surface area contributed by atoms with Crippen molar-refractivity contribution in [3.63, 3.8) is 0 Å². The van der Waals surface area contributed by atoms with E-state index in [9.17, 15) is 9.59 Å². The minimum Gasteiger partial charge on any atom is -0.484 e. The second-order valence-corrected chi connectivity index (χ2v) is 8.90. The van der Waals surface area contributed by atoms with E-state index >= 15 is 0 Å². The average Bonchev–Trinajstić information content (AvgIpc) is 2.58. The van der Waals surface area contributed by atoms with Crippen LogP contribution in [0.2, 0.25) is 0 Å². The molecule has 2 N–H and O–H groups in total. The fourth-order valence-corrected chi connectivity index (χ4v) is 2.55. The highest BCUT2D eigenvalue weighted by atomic mass is 16.5. The predicted molar refractivity (Wildman–Crippen MR) is 113 cm³/mol. The Morgan fingerprint density at radius 3 is 2.14 bits per heavy atom. The molecule has 0 saturated carbocycles. The second-order valence-electron chi connectivity index (χ2n) is 8.90. The Morgan fingerprint density at radius 1 is 0.929 bits per heavy atom. The van der Waals surface area contributed by atoms with Gasteiger partial charge in [-0.1, -0.05) is 39.0 Å². The third-order valence-corrected chi connectivity index (χ3v) is 3.99. The Bertz CT molecular complexity index is 828. The number of hydrogen-bond acceptors (Lipinski definition) is 3. The summed E-state index contributed by atoms with van der Waals surface area (Å²) in [4.78, 5) is 24.4. The Hall–Kier alpha value is -2.82. The number of rotatable bonds is 5. The fourth-order valence-electron chi connectivity index (χ4n) is 2.55. The molecule has 0 saturated heterocycles. The zero-order chi connectivity index (χ0) is 20.9. The second kappa shape index (κ2) is 8.46. The van der Waals surface area contributed by atoms with Crippen LogP contribution in [0.15, 0.2) is 48.5 Å². The molecule has 5 heteroatoms. The van der Waals surface area contributed by atoms with Crippen molar-refractivity contribution in [1.29, 1.82) is 0 Å². The van der Waals surface area contributed by atoms with Gasteiger partial charge in [-0.05, 0) is 62.1 Å². The van der Waals surface area contributed by atoms with Crippen LogP contribution in [-0.4, -0.2) is 24.0 Å². The lowest BCUT2D eigenvalue weighted by molar-refractivity contribution is -0.118. The van der Waals surface area contributed by atoms with E-state index in [0.717, 1.165) is 0 Å². The standard InChI is InChI=1S/C23H30N2O3/c1-22(2,3)17-10-12-19(13-11-17)28-15-20(26)24-18-9-7-8-16(14-18)21(27)25-23(4,5)6/h7-14H,15H2,1-6H3,(H,24,26)(H,25,27). The molecule has 0 atom stereocenters. The molecular formula is C23H30N2O3. The highest BCUT2D eigenvalue weighted by Crippen LogP contribution is 2.24. The van der Waals surface area contributed by atoms with Crippen LogP contribution < -0.4 is 15.4 Å². The van der Waals surface area contributed by atoms with Crippen LogP contribution in [0.1, 0.15) is 57.5 Å². The van der Waals surface area contributed by atoms with Gasteiger partial charge in [-0.15, -0.1) is 0 Å². The highest BCUT2D eigenvalue weighted by Gasteiger charge is 2.16. The number of amides is 2. The first kappa shape index (κ1) is 21.5. The average molecular weight is 383 g/mol. The zero-order valence-corrected chi connectivity index (χ0v) is 17.6. The summed E-state index contributed by atoms with van der Waals surface area (Å²) in [5, 5.41) is 5.66. The van der Waals surface area contributed by atoms with Gasteiger partial charge in [0.05, 0.1) is 0 Å². The van der Waals surface area contributed by atoms with Crippen LogP contribution in [0.3, 0.4) is 0 Å². The van der Waals surface area contributed by atoms with E-state index in [2.05, 4.69) is 31.4 Å². The molecule has 0 aliphatic carbocycles.